The normalized spacial score (nSPS) is 12.7. The lowest BCUT2D eigenvalue weighted by molar-refractivity contribution is -0.385. The lowest BCUT2D eigenvalue weighted by Crippen LogP contribution is -2.05. The van der Waals surface area contributed by atoms with E-state index in [0.29, 0.717) is 0 Å². The van der Waals surface area contributed by atoms with Gasteiger partial charge in [-0.1, -0.05) is 26.2 Å². The van der Waals surface area contributed by atoms with Crippen LogP contribution in [0.15, 0.2) is 12.4 Å². The zero-order valence-electron chi connectivity index (χ0n) is 9.22. The van der Waals surface area contributed by atoms with Crippen molar-refractivity contribution < 1.29 is 4.92 Å². The maximum Gasteiger partial charge on any atom is 0.307 e. The molecule has 0 aliphatic rings. The van der Waals surface area contributed by atoms with Crippen molar-refractivity contribution in [3.05, 3.63) is 22.5 Å². The maximum atomic E-state index is 10.4. The highest BCUT2D eigenvalue weighted by molar-refractivity contribution is 5.20. The fraction of sp³-hybridized carbons (Fsp3) is 0.700. The van der Waals surface area contributed by atoms with Crippen LogP contribution in [0.5, 0.6) is 0 Å². The Labute approximate surface area is 89.2 Å². The molecule has 0 saturated heterocycles. The van der Waals surface area contributed by atoms with Crippen molar-refractivity contribution in [2.24, 2.45) is 0 Å². The van der Waals surface area contributed by atoms with Gasteiger partial charge in [-0.3, -0.25) is 14.8 Å². The van der Waals surface area contributed by atoms with Crippen LogP contribution in [-0.2, 0) is 0 Å². The second kappa shape index (κ2) is 5.48. The van der Waals surface area contributed by atoms with E-state index in [1.807, 2.05) is 6.92 Å². The predicted molar refractivity (Wildman–Crippen MR) is 57.7 cm³/mol. The smallest absolute Gasteiger partial charge is 0.263 e. The van der Waals surface area contributed by atoms with Crippen molar-refractivity contribution in [2.45, 2.75) is 45.6 Å². The molecule has 0 aliphatic carbocycles. The fourth-order valence-electron chi connectivity index (χ4n) is 1.49. The number of rotatable bonds is 6. The predicted octanol–water partition coefficient (Wildman–Crippen LogP) is 2.93. The van der Waals surface area contributed by atoms with E-state index in [4.69, 9.17) is 0 Å². The first-order chi connectivity index (χ1) is 7.15. The Hall–Kier alpha value is -1.39. The molecule has 0 bridgehead atoms. The van der Waals surface area contributed by atoms with E-state index < -0.39 is 4.92 Å². The van der Waals surface area contributed by atoms with E-state index in [1.54, 1.807) is 4.68 Å². The second-order valence-corrected chi connectivity index (χ2v) is 3.78. The highest BCUT2D eigenvalue weighted by Crippen LogP contribution is 2.17. The Balaban J connectivity index is 2.50. The minimum Gasteiger partial charge on any atom is -0.263 e. The minimum absolute atomic E-state index is 0.0670. The van der Waals surface area contributed by atoms with Crippen LogP contribution in [0.1, 0.15) is 45.6 Å². The third-order valence-electron chi connectivity index (χ3n) is 2.48. The monoisotopic (exact) mass is 211 g/mol. The largest absolute Gasteiger partial charge is 0.307 e. The molecular weight excluding hydrogens is 194 g/mol. The van der Waals surface area contributed by atoms with Crippen molar-refractivity contribution in [3.8, 4) is 0 Å². The van der Waals surface area contributed by atoms with E-state index in [9.17, 15) is 10.1 Å². The summed E-state index contributed by atoms with van der Waals surface area (Å²) in [4.78, 5) is 10.0. The summed E-state index contributed by atoms with van der Waals surface area (Å²) < 4.78 is 1.67. The molecule has 0 amide bonds. The van der Waals surface area contributed by atoms with Gasteiger partial charge in [0.1, 0.15) is 12.4 Å². The zero-order valence-corrected chi connectivity index (χ0v) is 9.22. The van der Waals surface area contributed by atoms with E-state index in [-0.39, 0.29) is 11.7 Å². The highest BCUT2D eigenvalue weighted by atomic mass is 16.6. The van der Waals surface area contributed by atoms with Crippen molar-refractivity contribution in [1.29, 1.82) is 0 Å². The Morgan fingerprint density at radius 2 is 2.33 bits per heavy atom. The van der Waals surface area contributed by atoms with Crippen molar-refractivity contribution in [1.82, 2.24) is 9.78 Å². The molecule has 0 aromatic carbocycles. The van der Waals surface area contributed by atoms with Gasteiger partial charge in [0.25, 0.3) is 0 Å². The minimum atomic E-state index is -0.414. The first-order valence-electron chi connectivity index (χ1n) is 5.33. The molecule has 0 unspecified atom stereocenters. The molecule has 1 aromatic heterocycles. The van der Waals surface area contributed by atoms with Gasteiger partial charge in [0.05, 0.1) is 4.92 Å². The standard InChI is InChI=1S/C10H17N3O2/c1-3-4-5-6-9(2)12-8-10(7-11-12)13(14)15/h7-9H,3-6H2,1-2H3/t9-/m0/s1. The highest BCUT2D eigenvalue weighted by Gasteiger charge is 2.12. The Morgan fingerprint density at radius 1 is 1.60 bits per heavy atom. The average molecular weight is 211 g/mol. The van der Waals surface area contributed by atoms with E-state index in [2.05, 4.69) is 12.0 Å². The quantitative estimate of drug-likeness (QED) is 0.413. The summed E-state index contributed by atoms with van der Waals surface area (Å²) in [5.41, 5.74) is 0.0670. The van der Waals surface area contributed by atoms with Crippen LogP contribution in [0.3, 0.4) is 0 Å². The number of hydrogen-bond donors (Lipinski definition) is 0. The average Bonchev–Trinajstić information content (AvgIpc) is 2.66. The van der Waals surface area contributed by atoms with E-state index in [1.165, 1.54) is 25.2 Å². The molecule has 0 aliphatic heterocycles. The first-order valence-corrected chi connectivity index (χ1v) is 5.33. The third-order valence-corrected chi connectivity index (χ3v) is 2.48. The number of unbranched alkanes of at least 4 members (excludes halogenated alkanes) is 2. The Bertz CT molecular complexity index is 322. The molecule has 1 heterocycles. The van der Waals surface area contributed by atoms with Gasteiger partial charge in [-0.25, -0.2) is 0 Å². The Morgan fingerprint density at radius 3 is 2.87 bits per heavy atom. The summed E-state index contributed by atoms with van der Waals surface area (Å²) in [6, 6.07) is 0.241. The van der Waals surface area contributed by atoms with Crippen LogP contribution in [0, 0.1) is 10.1 Å². The second-order valence-electron chi connectivity index (χ2n) is 3.78. The summed E-state index contributed by atoms with van der Waals surface area (Å²) in [6.45, 7) is 4.19. The maximum absolute atomic E-state index is 10.4. The van der Waals surface area contributed by atoms with Crippen LogP contribution >= 0.6 is 0 Å². The molecule has 0 N–H and O–H groups in total. The molecular formula is C10H17N3O2. The number of aromatic nitrogens is 2. The number of nitro groups is 1. The summed E-state index contributed by atoms with van der Waals surface area (Å²) in [5, 5.41) is 14.4. The van der Waals surface area contributed by atoms with Gasteiger partial charge >= 0.3 is 5.69 Å². The van der Waals surface area contributed by atoms with Gasteiger partial charge in [-0.2, -0.15) is 5.10 Å². The van der Waals surface area contributed by atoms with Crippen LogP contribution in [0.2, 0.25) is 0 Å². The molecule has 0 spiro atoms. The summed E-state index contributed by atoms with van der Waals surface area (Å²) in [5.74, 6) is 0. The van der Waals surface area contributed by atoms with Gasteiger partial charge in [0, 0.05) is 6.04 Å². The summed E-state index contributed by atoms with van der Waals surface area (Å²) >= 11 is 0. The van der Waals surface area contributed by atoms with Gasteiger partial charge in [-0.05, 0) is 13.3 Å². The van der Waals surface area contributed by atoms with Gasteiger partial charge in [0.15, 0.2) is 0 Å². The van der Waals surface area contributed by atoms with Crippen LogP contribution < -0.4 is 0 Å². The van der Waals surface area contributed by atoms with E-state index in [0.717, 1.165) is 12.8 Å². The first kappa shape index (κ1) is 11.7. The Kier molecular flexibility index (Phi) is 4.27. The van der Waals surface area contributed by atoms with Gasteiger partial charge in [0.2, 0.25) is 0 Å². The van der Waals surface area contributed by atoms with Crippen LogP contribution in [0.4, 0.5) is 5.69 Å². The molecule has 1 rings (SSSR count). The molecule has 5 nitrogen and oxygen atoms in total. The molecule has 1 aromatic rings. The number of nitrogens with zero attached hydrogens (tertiary/aromatic N) is 3. The summed E-state index contributed by atoms with van der Waals surface area (Å²) in [6.07, 6.45) is 7.35. The molecule has 15 heavy (non-hydrogen) atoms. The fourth-order valence-corrected chi connectivity index (χ4v) is 1.49. The topological polar surface area (TPSA) is 61.0 Å². The van der Waals surface area contributed by atoms with Crippen LogP contribution in [-0.4, -0.2) is 14.7 Å². The lowest BCUT2D eigenvalue weighted by Gasteiger charge is -2.10. The summed E-state index contributed by atoms with van der Waals surface area (Å²) in [7, 11) is 0. The zero-order chi connectivity index (χ0) is 11.3. The molecule has 0 radical (unpaired) electrons. The molecule has 0 fully saturated rings. The molecule has 84 valence electrons. The lowest BCUT2D eigenvalue weighted by atomic mass is 10.1. The van der Waals surface area contributed by atoms with Crippen molar-refractivity contribution in [2.75, 3.05) is 0 Å². The van der Waals surface area contributed by atoms with Gasteiger partial charge < -0.3 is 0 Å². The molecule has 1 atom stereocenters. The van der Waals surface area contributed by atoms with Crippen LogP contribution in [0.25, 0.3) is 0 Å². The number of hydrogen-bond acceptors (Lipinski definition) is 3. The van der Waals surface area contributed by atoms with Crippen molar-refractivity contribution >= 4 is 5.69 Å². The molecule has 0 saturated carbocycles. The molecule has 5 heteroatoms. The van der Waals surface area contributed by atoms with Crippen molar-refractivity contribution in [3.63, 3.8) is 0 Å². The van der Waals surface area contributed by atoms with E-state index >= 15 is 0 Å². The SMILES string of the molecule is CCCCC[C@H](C)n1cc([N+](=O)[O-])cn1. The third kappa shape index (κ3) is 3.34. The van der Waals surface area contributed by atoms with Gasteiger partial charge in [-0.15, -0.1) is 0 Å².